The van der Waals surface area contributed by atoms with Crippen molar-refractivity contribution in [2.45, 2.75) is 59.0 Å². The summed E-state index contributed by atoms with van der Waals surface area (Å²) in [5.74, 6) is 0.235. The van der Waals surface area contributed by atoms with Crippen LogP contribution in [0.25, 0.3) is 0 Å². The van der Waals surface area contributed by atoms with Crippen LogP contribution < -0.4 is 5.73 Å². The average Bonchev–Trinajstić information content (AvgIpc) is 2.09. The smallest absolute Gasteiger partial charge is 0.222 e. The van der Waals surface area contributed by atoms with Gasteiger partial charge in [0.25, 0.3) is 0 Å². The Balaban J connectivity index is 4.02. The second kappa shape index (κ2) is 6.82. The van der Waals surface area contributed by atoms with Crippen molar-refractivity contribution in [3.8, 4) is 0 Å². The molecule has 2 N–H and O–H groups in total. The maximum absolute atomic E-state index is 11.7. The third-order valence-corrected chi connectivity index (χ3v) is 2.22. The Kier molecular flexibility index (Phi) is 6.54. The topological polar surface area (TPSA) is 46.3 Å². The Bertz CT molecular complexity index is 167. The molecule has 14 heavy (non-hydrogen) atoms. The predicted octanol–water partition coefficient (Wildman–Crippen LogP) is 1.76. The van der Waals surface area contributed by atoms with Crippen LogP contribution >= 0.6 is 0 Å². The van der Waals surface area contributed by atoms with E-state index < -0.39 is 0 Å². The van der Waals surface area contributed by atoms with Crippen LogP contribution in [0.2, 0.25) is 0 Å². The molecule has 0 aliphatic carbocycles. The molecule has 0 spiro atoms. The monoisotopic (exact) mass is 200 g/mol. The minimum atomic E-state index is 0.120. The zero-order valence-electron chi connectivity index (χ0n) is 9.92. The highest BCUT2D eigenvalue weighted by Gasteiger charge is 2.15. The van der Waals surface area contributed by atoms with E-state index in [1.807, 2.05) is 11.8 Å². The van der Waals surface area contributed by atoms with E-state index in [2.05, 4.69) is 20.8 Å². The quantitative estimate of drug-likeness (QED) is 0.710. The largest absolute Gasteiger partial charge is 0.340 e. The molecule has 0 fully saturated rings. The molecule has 0 heterocycles. The highest BCUT2D eigenvalue weighted by atomic mass is 16.2. The molecular formula is C11H24N2O. The third kappa shape index (κ3) is 5.22. The second-order valence-electron chi connectivity index (χ2n) is 4.20. The summed E-state index contributed by atoms with van der Waals surface area (Å²) in [6.07, 6.45) is 2.38. The van der Waals surface area contributed by atoms with Gasteiger partial charge in [0, 0.05) is 25.0 Å². The van der Waals surface area contributed by atoms with Crippen molar-refractivity contribution < 1.29 is 4.79 Å². The Hall–Kier alpha value is -0.570. The number of hydrogen-bond acceptors (Lipinski definition) is 2. The molecule has 0 saturated heterocycles. The van der Waals surface area contributed by atoms with Gasteiger partial charge in [-0.3, -0.25) is 4.79 Å². The summed E-state index contributed by atoms with van der Waals surface area (Å²) in [7, 11) is 0. The van der Waals surface area contributed by atoms with Gasteiger partial charge in [-0.15, -0.1) is 0 Å². The molecule has 0 aliphatic rings. The summed E-state index contributed by atoms with van der Waals surface area (Å²) >= 11 is 0. The van der Waals surface area contributed by atoms with Crippen molar-refractivity contribution in [1.82, 2.24) is 4.90 Å². The van der Waals surface area contributed by atoms with E-state index in [9.17, 15) is 4.79 Å². The van der Waals surface area contributed by atoms with Gasteiger partial charge < -0.3 is 10.6 Å². The number of carbonyl (C=O) groups excluding carboxylic acids is 1. The van der Waals surface area contributed by atoms with Crippen molar-refractivity contribution in [2.75, 3.05) is 6.54 Å². The number of carbonyl (C=O) groups is 1. The minimum Gasteiger partial charge on any atom is -0.340 e. The van der Waals surface area contributed by atoms with E-state index in [4.69, 9.17) is 5.73 Å². The molecule has 3 heteroatoms. The fourth-order valence-corrected chi connectivity index (χ4v) is 1.41. The van der Waals surface area contributed by atoms with Crippen LogP contribution in [0.5, 0.6) is 0 Å². The van der Waals surface area contributed by atoms with Crippen LogP contribution in [0.15, 0.2) is 0 Å². The number of rotatable bonds is 6. The van der Waals surface area contributed by atoms with Crippen LogP contribution in [0, 0.1) is 0 Å². The van der Waals surface area contributed by atoms with Crippen molar-refractivity contribution in [3.63, 3.8) is 0 Å². The van der Waals surface area contributed by atoms with E-state index >= 15 is 0 Å². The highest BCUT2D eigenvalue weighted by Crippen LogP contribution is 2.05. The van der Waals surface area contributed by atoms with Crippen LogP contribution in [-0.2, 0) is 4.79 Å². The molecule has 0 rings (SSSR count). The van der Waals surface area contributed by atoms with Crippen LogP contribution in [0.1, 0.15) is 47.0 Å². The molecular weight excluding hydrogens is 176 g/mol. The molecule has 0 saturated carbocycles. The first kappa shape index (κ1) is 13.4. The molecule has 0 aromatic heterocycles. The maximum atomic E-state index is 11.7. The Labute approximate surface area is 87.6 Å². The van der Waals surface area contributed by atoms with E-state index in [1.54, 1.807) is 0 Å². The van der Waals surface area contributed by atoms with Crippen molar-refractivity contribution in [2.24, 2.45) is 5.73 Å². The first-order chi connectivity index (χ1) is 6.49. The predicted molar refractivity (Wildman–Crippen MR) is 60.0 cm³/mol. The molecule has 1 atom stereocenters. The van der Waals surface area contributed by atoms with Gasteiger partial charge in [-0.05, 0) is 33.6 Å². The second-order valence-corrected chi connectivity index (χ2v) is 4.20. The fraction of sp³-hybridized carbons (Fsp3) is 0.909. The van der Waals surface area contributed by atoms with E-state index in [-0.39, 0.29) is 11.9 Å². The van der Waals surface area contributed by atoms with E-state index in [0.29, 0.717) is 12.5 Å². The van der Waals surface area contributed by atoms with Crippen molar-refractivity contribution >= 4 is 5.91 Å². The molecule has 0 bridgehead atoms. The lowest BCUT2D eigenvalue weighted by Crippen LogP contribution is -2.38. The van der Waals surface area contributed by atoms with Gasteiger partial charge in [0.1, 0.15) is 0 Å². The zero-order valence-corrected chi connectivity index (χ0v) is 9.92. The number of hydrogen-bond donors (Lipinski definition) is 1. The average molecular weight is 200 g/mol. The molecule has 0 aromatic rings. The maximum Gasteiger partial charge on any atom is 0.222 e. The van der Waals surface area contributed by atoms with E-state index in [1.165, 1.54) is 0 Å². The molecule has 0 aromatic carbocycles. The molecule has 0 radical (unpaired) electrons. The normalized spacial score (nSPS) is 13.0. The van der Waals surface area contributed by atoms with Gasteiger partial charge in [-0.2, -0.15) is 0 Å². The van der Waals surface area contributed by atoms with Crippen molar-refractivity contribution in [1.29, 1.82) is 0 Å². The van der Waals surface area contributed by atoms with E-state index in [0.717, 1.165) is 19.4 Å². The lowest BCUT2D eigenvalue weighted by molar-refractivity contribution is -0.133. The SMILES string of the molecule is CCCN(C(=O)CCC(C)N)C(C)C. The highest BCUT2D eigenvalue weighted by molar-refractivity contribution is 5.76. The van der Waals surface area contributed by atoms with Gasteiger partial charge in [0.05, 0.1) is 0 Å². The number of nitrogens with zero attached hydrogens (tertiary/aromatic N) is 1. The lowest BCUT2D eigenvalue weighted by Gasteiger charge is -2.26. The minimum absolute atomic E-state index is 0.120. The van der Waals surface area contributed by atoms with Gasteiger partial charge in [0.15, 0.2) is 0 Å². The van der Waals surface area contributed by atoms with Crippen LogP contribution in [-0.4, -0.2) is 29.4 Å². The first-order valence-corrected chi connectivity index (χ1v) is 5.54. The molecule has 3 nitrogen and oxygen atoms in total. The fourth-order valence-electron chi connectivity index (χ4n) is 1.41. The van der Waals surface area contributed by atoms with Gasteiger partial charge >= 0.3 is 0 Å². The lowest BCUT2D eigenvalue weighted by atomic mass is 10.1. The van der Waals surface area contributed by atoms with Gasteiger partial charge in [-0.1, -0.05) is 6.92 Å². The van der Waals surface area contributed by atoms with Crippen LogP contribution in [0.4, 0.5) is 0 Å². The van der Waals surface area contributed by atoms with Gasteiger partial charge in [-0.25, -0.2) is 0 Å². The summed E-state index contributed by atoms with van der Waals surface area (Å²) in [4.78, 5) is 13.7. The van der Waals surface area contributed by atoms with Gasteiger partial charge in [0.2, 0.25) is 5.91 Å². The van der Waals surface area contributed by atoms with Crippen LogP contribution in [0.3, 0.4) is 0 Å². The summed E-state index contributed by atoms with van der Waals surface area (Å²) < 4.78 is 0. The summed E-state index contributed by atoms with van der Waals surface area (Å²) in [5.41, 5.74) is 5.62. The zero-order chi connectivity index (χ0) is 11.1. The first-order valence-electron chi connectivity index (χ1n) is 5.54. The Morgan fingerprint density at radius 1 is 1.36 bits per heavy atom. The standard InChI is InChI=1S/C11H24N2O/c1-5-8-13(9(2)3)11(14)7-6-10(4)12/h9-10H,5-8,12H2,1-4H3. The summed E-state index contributed by atoms with van der Waals surface area (Å²) in [5, 5.41) is 0. The Morgan fingerprint density at radius 3 is 2.29 bits per heavy atom. The summed E-state index contributed by atoms with van der Waals surface area (Å²) in [6.45, 7) is 9.00. The number of nitrogens with two attached hydrogens (primary N) is 1. The van der Waals surface area contributed by atoms with Crippen molar-refractivity contribution in [3.05, 3.63) is 0 Å². The summed E-state index contributed by atoms with van der Waals surface area (Å²) in [6, 6.07) is 0.421. The number of amides is 1. The molecule has 84 valence electrons. The Morgan fingerprint density at radius 2 is 1.93 bits per heavy atom. The molecule has 1 amide bonds. The molecule has 1 unspecified atom stereocenters. The molecule has 0 aliphatic heterocycles. The third-order valence-electron chi connectivity index (χ3n) is 2.22.